The molecule has 0 fully saturated rings. The first-order valence-corrected chi connectivity index (χ1v) is 10.2. The summed E-state index contributed by atoms with van der Waals surface area (Å²) < 4.78 is 10.8. The maximum absolute atomic E-state index is 12.0. The number of hydrogen-bond acceptors (Lipinski definition) is 5. The highest BCUT2D eigenvalue weighted by molar-refractivity contribution is 6.39. The van der Waals surface area contributed by atoms with Gasteiger partial charge in [0.05, 0.1) is 19.0 Å². The maximum atomic E-state index is 12.0. The molecule has 0 aliphatic heterocycles. The van der Waals surface area contributed by atoms with Crippen LogP contribution in [-0.4, -0.2) is 25.1 Å². The Morgan fingerprint density at radius 2 is 1.62 bits per heavy atom. The molecule has 0 aromatic heterocycles. The van der Waals surface area contributed by atoms with Crippen molar-refractivity contribution < 1.29 is 19.1 Å². The lowest BCUT2D eigenvalue weighted by atomic mass is 10.2. The number of nitrogens with zero attached hydrogens (tertiary/aromatic N) is 1. The van der Waals surface area contributed by atoms with Crippen molar-refractivity contribution in [2.24, 2.45) is 5.10 Å². The van der Waals surface area contributed by atoms with Crippen LogP contribution in [0, 0.1) is 0 Å². The van der Waals surface area contributed by atoms with Crippen molar-refractivity contribution in [3.63, 3.8) is 0 Å². The predicted molar refractivity (Wildman–Crippen MR) is 125 cm³/mol. The van der Waals surface area contributed by atoms with Gasteiger partial charge in [0.2, 0.25) is 0 Å². The summed E-state index contributed by atoms with van der Waals surface area (Å²) in [5.41, 5.74) is 3.96. The Bertz CT molecular complexity index is 1110. The molecule has 0 heterocycles. The van der Waals surface area contributed by atoms with E-state index in [-0.39, 0.29) is 6.61 Å². The lowest BCUT2D eigenvalue weighted by Gasteiger charge is -2.09. The average Bonchev–Trinajstić information content (AvgIpc) is 2.80. The van der Waals surface area contributed by atoms with E-state index < -0.39 is 11.8 Å². The molecular weight excluding hydrogens is 453 g/mol. The van der Waals surface area contributed by atoms with Gasteiger partial charge in [-0.15, -0.1) is 0 Å². The van der Waals surface area contributed by atoms with Crippen molar-refractivity contribution in [3.05, 3.63) is 87.9 Å². The van der Waals surface area contributed by atoms with Gasteiger partial charge in [0, 0.05) is 15.6 Å². The summed E-state index contributed by atoms with van der Waals surface area (Å²) in [6.07, 6.45) is 1.41. The van der Waals surface area contributed by atoms with Gasteiger partial charge in [0.15, 0.2) is 0 Å². The predicted octanol–water partition coefficient (Wildman–Crippen LogP) is 4.67. The third-order valence-corrected chi connectivity index (χ3v) is 4.97. The van der Waals surface area contributed by atoms with Crippen molar-refractivity contribution in [2.45, 2.75) is 6.61 Å². The number of amides is 2. The third kappa shape index (κ3) is 6.23. The highest BCUT2D eigenvalue weighted by atomic mass is 35.5. The second kappa shape index (κ2) is 11.2. The van der Waals surface area contributed by atoms with Crippen molar-refractivity contribution in [2.75, 3.05) is 12.4 Å². The number of para-hydroxylation sites is 2. The molecule has 0 saturated heterocycles. The summed E-state index contributed by atoms with van der Waals surface area (Å²) >= 11 is 12.3. The van der Waals surface area contributed by atoms with Gasteiger partial charge in [0.25, 0.3) is 0 Å². The molecular formula is C23H19Cl2N3O4. The minimum Gasteiger partial charge on any atom is -0.495 e. The quantitative estimate of drug-likeness (QED) is 0.297. The Labute approximate surface area is 194 Å². The van der Waals surface area contributed by atoms with Crippen LogP contribution >= 0.6 is 23.2 Å². The molecule has 2 N–H and O–H groups in total. The van der Waals surface area contributed by atoms with E-state index in [0.717, 1.165) is 0 Å². The van der Waals surface area contributed by atoms with Crippen molar-refractivity contribution in [3.8, 4) is 11.5 Å². The highest BCUT2D eigenvalue weighted by Crippen LogP contribution is 2.26. The van der Waals surface area contributed by atoms with E-state index in [1.54, 1.807) is 66.7 Å². The Kier molecular flexibility index (Phi) is 8.08. The van der Waals surface area contributed by atoms with Crippen LogP contribution in [0.15, 0.2) is 71.8 Å². The Morgan fingerprint density at radius 1 is 0.938 bits per heavy atom. The standard InChI is InChI=1S/C23H19Cl2N3O4/c1-31-21-8-3-2-7-20(21)27-22(29)23(30)28-26-13-15-9-11-16(12-10-15)32-14-17-18(24)5-4-6-19(17)25/h2-13H,14H2,1H3,(H,27,29)(H,28,30)/b26-13-. The number of methoxy groups -OCH3 is 1. The van der Waals surface area contributed by atoms with Crippen molar-refractivity contribution >= 4 is 46.9 Å². The molecule has 0 aliphatic carbocycles. The second-order valence-corrected chi connectivity index (χ2v) is 7.23. The second-order valence-electron chi connectivity index (χ2n) is 6.41. The number of nitrogens with one attached hydrogen (secondary N) is 2. The van der Waals surface area contributed by atoms with Crippen LogP contribution in [0.5, 0.6) is 11.5 Å². The first-order chi connectivity index (χ1) is 15.5. The Balaban J connectivity index is 1.51. The molecule has 32 heavy (non-hydrogen) atoms. The zero-order chi connectivity index (χ0) is 22.9. The van der Waals surface area contributed by atoms with Gasteiger partial charge in [-0.25, -0.2) is 5.43 Å². The van der Waals surface area contributed by atoms with Gasteiger partial charge in [0.1, 0.15) is 18.1 Å². The fourth-order valence-electron chi connectivity index (χ4n) is 2.62. The molecule has 0 aliphatic rings. The zero-order valence-corrected chi connectivity index (χ0v) is 18.5. The summed E-state index contributed by atoms with van der Waals surface area (Å²) in [6.45, 7) is 0.226. The fourth-order valence-corrected chi connectivity index (χ4v) is 3.13. The topological polar surface area (TPSA) is 89.0 Å². The number of hydrazone groups is 1. The van der Waals surface area contributed by atoms with E-state index in [0.29, 0.717) is 38.4 Å². The minimum absolute atomic E-state index is 0.226. The van der Waals surface area contributed by atoms with Crippen LogP contribution in [0.25, 0.3) is 0 Å². The average molecular weight is 472 g/mol. The summed E-state index contributed by atoms with van der Waals surface area (Å²) in [7, 11) is 1.47. The number of carbonyl (C=O) groups excluding carboxylic acids is 2. The number of anilines is 1. The molecule has 0 unspecified atom stereocenters. The molecule has 3 rings (SSSR count). The molecule has 164 valence electrons. The summed E-state index contributed by atoms with van der Waals surface area (Å²) in [5.74, 6) is -0.730. The van der Waals surface area contributed by atoms with Crippen LogP contribution < -0.4 is 20.2 Å². The van der Waals surface area contributed by atoms with Gasteiger partial charge in [-0.1, -0.05) is 41.4 Å². The van der Waals surface area contributed by atoms with Crippen LogP contribution in [0.3, 0.4) is 0 Å². The summed E-state index contributed by atoms with van der Waals surface area (Å²) in [5, 5.41) is 7.34. The monoisotopic (exact) mass is 471 g/mol. The van der Waals surface area contributed by atoms with Gasteiger partial charge >= 0.3 is 11.8 Å². The number of benzene rings is 3. The SMILES string of the molecule is COc1ccccc1NC(=O)C(=O)N/N=C\c1ccc(OCc2c(Cl)cccc2Cl)cc1. The lowest BCUT2D eigenvalue weighted by molar-refractivity contribution is -0.136. The highest BCUT2D eigenvalue weighted by Gasteiger charge is 2.14. The van der Waals surface area contributed by atoms with E-state index in [9.17, 15) is 9.59 Å². The molecule has 0 spiro atoms. The van der Waals surface area contributed by atoms with Crippen molar-refractivity contribution in [1.29, 1.82) is 0 Å². The van der Waals surface area contributed by atoms with Crippen LogP contribution in [0.2, 0.25) is 10.0 Å². The first-order valence-electron chi connectivity index (χ1n) is 9.41. The number of carbonyl (C=O) groups is 2. The van der Waals surface area contributed by atoms with E-state index in [2.05, 4.69) is 15.8 Å². The molecule has 9 heteroatoms. The van der Waals surface area contributed by atoms with Crippen molar-refractivity contribution in [1.82, 2.24) is 5.43 Å². The van der Waals surface area contributed by atoms with E-state index in [4.69, 9.17) is 32.7 Å². The van der Waals surface area contributed by atoms with Crippen LogP contribution in [-0.2, 0) is 16.2 Å². The zero-order valence-electron chi connectivity index (χ0n) is 17.0. The number of ether oxygens (including phenoxy) is 2. The lowest BCUT2D eigenvalue weighted by Crippen LogP contribution is -2.32. The molecule has 0 saturated carbocycles. The molecule has 3 aromatic rings. The number of halogens is 2. The Hall–Kier alpha value is -3.55. The summed E-state index contributed by atoms with van der Waals surface area (Å²) in [6, 6.07) is 19.0. The fraction of sp³-hybridized carbons (Fsp3) is 0.0870. The molecule has 7 nitrogen and oxygen atoms in total. The first kappa shape index (κ1) is 23.1. The summed E-state index contributed by atoms with van der Waals surface area (Å²) in [4.78, 5) is 24.0. The number of hydrogen-bond donors (Lipinski definition) is 2. The number of rotatable bonds is 7. The largest absolute Gasteiger partial charge is 0.495 e. The third-order valence-electron chi connectivity index (χ3n) is 4.27. The van der Waals surface area contributed by atoms with E-state index >= 15 is 0 Å². The van der Waals surface area contributed by atoms with Gasteiger partial charge in [-0.3, -0.25) is 9.59 Å². The van der Waals surface area contributed by atoms with E-state index in [1.807, 2.05) is 0 Å². The van der Waals surface area contributed by atoms with Crippen LogP contribution in [0.4, 0.5) is 5.69 Å². The molecule has 2 amide bonds. The minimum atomic E-state index is -0.913. The van der Waals surface area contributed by atoms with Gasteiger partial charge in [-0.05, 0) is 54.1 Å². The van der Waals surface area contributed by atoms with Crippen LogP contribution in [0.1, 0.15) is 11.1 Å². The maximum Gasteiger partial charge on any atom is 0.329 e. The normalized spacial score (nSPS) is 10.6. The molecule has 0 atom stereocenters. The van der Waals surface area contributed by atoms with Gasteiger partial charge in [-0.2, -0.15) is 5.10 Å². The molecule has 0 bridgehead atoms. The van der Waals surface area contributed by atoms with Gasteiger partial charge < -0.3 is 14.8 Å². The van der Waals surface area contributed by atoms with E-state index in [1.165, 1.54) is 13.3 Å². The molecule has 0 radical (unpaired) electrons. The Morgan fingerprint density at radius 3 is 2.31 bits per heavy atom. The smallest absolute Gasteiger partial charge is 0.329 e. The molecule has 3 aromatic carbocycles.